The molecule has 2 N–H and O–H groups in total. The third-order valence-electron chi connectivity index (χ3n) is 5.55. The highest BCUT2D eigenvalue weighted by Gasteiger charge is 2.11. The van der Waals surface area contributed by atoms with Crippen LogP contribution < -0.4 is 10.6 Å². The number of nitrogens with zero attached hydrogens (tertiary/aromatic N) is 2. The first-order chi connectivity index (χ1) is 15.9. The summed E-state index contributed by atoms with van der Waals surface area (Å²) >= 11 is 1.68. The number of aromatic nitrogens is 2. The van der Waals surface area contributed by atoms with E-state index in [1.165, 1.54) is 12.5 Å². The van der Waals surface area contributed by atoms with Crippen molar-refractivity contribution in [1.82, 2.24) is 9.97 Å². The number of hydrogen-bond acceptors (Lipinski definition) is 5. The van der Waals surface area contributed by atoms with Crippen LogP contribution in [0.2, 0.25) is 0 Å². The Morgan fingerprint density at radius 3 is 2.55 bits per heavy atom. The van der Waals surface area contributed by atoms with Crippen LogP contribution in [0.1, 0.15) is 44.4 Å². The van der Waals surface area contributed by atoms with Crippen LogP contribution in [0.4, 0.5) is 17.1 Å². The Morgan fingerprint density at radius 1 is 1.03 bits per heavy atom. The van der Waals surface area contributed by atoms with E-state index in [0.717, 1.165) is 50.0 Å². The Bertz CT molecular complexity index is 1290. The predicted octanol–water partition coefficient (Wildman–Crippen LogP) is 7.30. The molecule has 0 saturated heterocycles. The lowest BCUT2D eigenvalue weighted by atomic mass is 10.0. The van der Waals surface area contributed by atoms with E-state index in [0.29, 0.717) is 5.92 Å². The van der Waals surface area contributed by atoms with Gasteiger partial charge in [-0.15, -0.1) is 0 Å². The highest BCUT2D eigenvalue weighted by Crippen LogP contribution is 2.37. The van der Waals surface area contributed by atoms with E-state index in [4.69, 9.17) is 4.98 Å². The van der Waals surface area contributed by atoms with Crippen LogP contribution in [-0.2, 0) is 4.79 Å². The fourth-order valence-corrected chi connectivity index (χ4v) is 4.43. The van der Waals surface area contributed by atoms with E-state index in [9.17, 15) is 4.79 Å². The van der Waals surface area contributed by atoms with Crippen molar-refractivity contribution in [2.75, 3.05) is 10.6 Å². The maximum atomic E-state index is 11.3. The summed E-state index contributed by atoms with van der Waals surface area (Å²) < 4.78 is 0. The second-order valence-electron chi connectivity index (χ2n) is 8.21. The maximum absolute atomic E-state index is 11.3. The van der Waals surface area contributed by atoms with Crippen LogP contribution in [0, 0.1) is 6.92 Å². The van der Waals surface area contributed by atoms with Crippen molar-refractivity contribution in [3.63, 3.8) is 0 Å². The third kappa shape index (κ3) is 5.52. The molecule has 1 atom stereocenters. The van der Waals surface area contributed by atoms with Crippen LogP contribution in [0.25, 0.3) is 11.0 Å². The minimum absolute atomic E-state index is 0.0734. The van der Waals surface area contributed by atoms with Gasteiger partial charge in [-0.05, 0) is 79.4 Å². The minimum Gasteiger partial charge on any atom is -0.354 e. The molecule has 1 unspecified atom stereocenters. The topological polar surface area (TPSA) is 66.9 Å². The average molecular weight is 457 g/mol. The summed E-state index contributed by atoms with van der Waals surface area (Å²) in [5, 5.41) is 7.43. The van der Waals surface area contributed by atoms with Crippen molar-refractivity contribution >= 4 is 45.8 Å². The van der Waals surface area contributed by atoms with Gasteiger partial charge in [0.2, 0.25) is 5.91 Å². The van der Waals surface area contributed by atoms with Crippen molar-refractivity contribution in [2.24, 2.45) is 0 Å². The largest absolute Gasteiger partial charge is 0.354 e. The first-order valence-corrected chi connectivity index (χ1v) is 11.9. The number of aryl methyl sites for hydroxylation is 1. The number of benzene rings is 2. The Balaban J connectivity index is 1.63. The molecule has 6 heteroatoms. The van der Waals surface area contributed by atoms with Crippen molar-refractivity contribution < 1.29 is 4.79 Å². The summed E-state index contributed by atoms with van der Waals surface area (Å²) in [7, 11) is 0. The molecule has 0 aliphatic rings. The smallest absolute Gasteiger partial charge is 0.221 e. The fraction of sp³-hybridized carbons (Fsp3) is 0.222. The van der Waals surface area contributed by atoms with Crippen LogP contribution >= 0.6 is 11.8 Å². The van der Waals surface area contributed by atoms with Crippen molar-refractivity contribution in [1.29, 1.82) is 0 Å². The molecule has 0 bridgehead atoms. The molecule has 0 aliphatic heterocycles. The van der Waals surface area contributed by atoms with Gasteiger partial charge in [0.15, 0.2) is 5.65 Å². The average Bonchev–Trinajstić information content (AvgIpc) is 2.81. The molecule has 2 heterocycles. The quantitative estimate of drug-likeness (QED) is 0.305. The fourth-order valence-electron chi connectivity index (χ4n) is 3.55. The van der Waals surface area contributed by atoms with Gasteiger partial charge >= 0.3 is 0 Å². The third-order valence-corrected chi connectivity index (χ3v) is 6.63. The lowest BCUT2D eigenvalue weighted by Crippen LogP contribution is -2.05. The number of nitrogens with one attached hydrogen (secondary N) is 2. The molecule has 2 aromatic heterocycles. The van der Waals surface area contributed by atoms with E-state index in [1.807, 2.05) is 30.3 Å². The van der Waals surface area contributed by atoms with Crippen LogP contribution in [0.15, 0.2) is 76.7 Å². The SMILES string of the molecule is CCC(C)c1ccc2c(Nc3cc(C)ccc3Sc3ccc(NC(C)=O)cc3)ccnc2n1. The number of pyridine rings is 2. The predicted molar refractivity (Wildman–Crippen MR) is 138 cm³/mol. The summed E-state index contributed by atoms with van der Waals surface area (Å²) in [5.41, 5.74) is 5.82. The van der Waals surface area contributed by atoms with Gasteiger partial charge in [-0.25, -0.2) is 9.97 Å². The number of anilines is 3. The summed E-state index contributed by atoms with van der Waals surface area (Å²) in [6, 6.07) is 20.5. The highest BCUT2D eigenvalue weighted by molar-refractivity contribution is 7.99. The zero-order valence-electron chi connectivity index (χ0n) is 19.3. The number of carbonyl (C=O) groups excluding carboxylic acids is 1. The van der Waals surface area contributed by atoms with Crippen LogP contribution in [-0.4, -0.2) is 15.9 Å². The molecule has 33 heavy (non-hydrogen) atoms. The standard InChI is InChI=1S/C27H28N4OS/c1-5-18(3)23-12-11-22-24(14-15-28-27(22)31-23)30-25-16-17(2)6-13-26(25)33-21-9-7-20(8-10-21)29-19(4)32/h6-16,18H,5H2,1-4H3,(H,29,32)(H,28,30,31). The molecular formula is C27H28N4OS. The van der Waals surface area contributed by atoms with Crippen LogP contribution in [0.3, 0.4) is 0 Å². The Morgan fingerprint density at radius 2 is 1.82 bits per heavy atom. The first-order valence-electron chi connectivity index (χ1n) is 11.1. The van der Waals surface area contributed by atoms with E-state index in [2.05, 4.69) is 66.7 Å². The number of rotatable bonds is 7. The molecule has 2 aromatic carbocycles. The van der Waals surface area contributed by atoms with E-state index in [1.54, 1.807) is 18.0 Å². The lowest BCUT2D eigenvalue weighted by Gasteiger charge is -2.15. The van der Waals surface area contributed by atoms with E-state index in [-0.39, 0.29) is 5.91 Å². The summed E-state index contributed by atoms with van der Waals surface area (Å²) in [6.07, 6.45) is 2.85. The van der Waals surface area contributed by atoms with Gasteiger partial charge in [-0.3, -0.25) is 4.79 Å². The van der Waals surface area contributed by atoms with Crippen molar-refractivity contribution in [3.8, 4) is 0 Å². The van der Waals surface area contributed by atoms with Gasteiger partial charge in [0.05, 0.1) is 11.4 Å². The van der Waals surface area contributed by atoms with Gasteiger partial charge in [-0.2, -0.15) is 0 Å². The zero-order valence-corrected chi connectivity index (χ0v) is 20.2. The molecule has 4 aromatic rings. The Kier molecular flexibility index (Phi) is 6.94. The van der Waals surface area contributed by atoms with Gasteiger partial charge in [0, 0.05) is 39.7 Å². The molecular weight excluding hydrogens is 428 g/mol. The molecule has 1 amide bonds. The normalized spacial score (nSPS) is 11.9. The van der Waals surface area contributed by atoms with Crippen molar-refractivity contribution in [2.45, 2.75) is 49.8 Å². The van der Waals surface area contributed by atoms with E-state index < -0.39 is 0 Å². The molecule has 0 spiro atoms. The minimum atomic E-state index is -0.0734. The maximum Gasteiger partial charge on any atom is 0.221 e. The Labute approximate surface area is 199 Å². The van der Waals surface area contributed by atoms with Gasteiger partial charge in [-0.1, -0.05) is 31.7 Å². The molecule has 4 rings (SSSR count). The monoisotopic (exact) mass is 456 g/mol. The lowest BCUT2D eigenvalue weighted by molar-refractivity contribution is -0.114. The Hall–Kier alpha value is -3.38. The van der Waals surface area contributed by atoms with Gasteiger partial charge in [0.25, 0.3) is 0 Å². The second kappa shape index (κ2) is 10.0. The van der Waals surface area contributed by atoms with E-state index >= 15 is 0 Å². The van der Waals surface area contributed by atoms with Crippen LogP contribution in [0.5, 0.6) is 0 Å². The number of hydrogen-bond donors (Lipinski definition) is 2. The number of carbonyl (C=O) groups is 1. The van der Waals surface area contributed by atoms with Crippen molar-refractivity contribution in [3.05, 3.63) is 78.1 Å². The molecule has 168 valence electrons. The highest BCUT2D eigenvalue weighted by atomic mass is 32.2. The summed E-state index contributed by atoms with van der Waals surface area (Å²) in [5.74, 6) is 0.334. The summed E-state index contributed by atoms with van der Waals surface area (Å²) in [4.78, 5) is 22.8. The zero-order chi connectivity index (χ0) is 23.4. The van der Waals surface area contributed by atoms with Gasteiger partial charge in [0.1, 0.15) is 0 Å². The van der Waals surface area contributed by atoms with Gasteiger partial charge < -0.3 is 10.6 Å². The number of amides is 1. The molecule has 0 saturated carbocycles. The molecule has 0 aliphatic carbocycles. The molecule has 0 radical (unpaired) electrons. The first kappa shape index (κ1) is 22.8. The molecule has 5 nitrogen and oxygen atoms in total. The summed E-state index contributed by atoms with van der Waals surface area (Å²) in [6.45, 7) is 7.96. The molecule has 0 fully saturated rings. The number of fused-ring (bicyclic) bond motifs is 1. The second-order valence-corrected chi connectivity index (χ2v) is 9.32.